The number of benzene rings is 2. The minimum absolute atomic E-state index is 0.0405. The number of carboxylic acid groups (broad SMARTS) is 1. The molecule has 2 rings (SSSR count). The number of halogens is 2. The van der Waals surface area contributed by atoms with Crippen LogP contribution in [0.25, 0.3) is 0 Å². The van der Waals surface area contributed by atoms with Gasteiger partial charge in [-0.3, -0.25) is 4.79 Å². The van der Waals surface area contributed by atoms with Crippen molar-refractivity contribution in [3.63, 3.8) is 0 Å². The second kappa shape index (κ2) is 10.7. The van der Waals surface area contributed by atoms with Crippen LogP contribution in [0, 0.1) is 0 Å². The van der Waals surface area contributed by atoms with Crippen molar-refractivity contribution in [1.82, 2.24) is 0 Å². The molecule has 2 aromatic rings. The summed E-state index contributed by atoms with van der Waals surface area (Å²) in [6.45, 7) is 2.94. The number of carboxylic acids is 1. The normalized spacial score (nSPS) is 12.0. The standard InChI is InChI=1S/C19H20Cl2O4S/c1-2-24-16(11-25-15-6-4-14(20)5-7-15)12-26-18-8-3-13(9-17(18)21)10-19(22)23/h3-9,16H,2,10-12H2,1H3,(H,22,23)/t16-/m1/s1. The van der Waals surface area contributed by atoms with E-state index in [-0.39, 0.29) is 12.5 Å². The predicted molar refractivity (Wildman–Crippen MR) is 106 cm³/mol. The van der Waals surface area contributed by atoms with Gasteiger partial charge in [-0.1, -0.05) is 29.3 Å². The highest BCUT2D eigenvalue weighted by Gasteiger charge is 2.13. The Morgan fingerprint density at radius 2 is 1.92 bits per heavy atom. The van der Waals surface area contributed by atoms with Crippen LogP contribution in [0.1, 0.15) is 12.5 Å². The Morgan fingerprint density at radius 3 is 2.54 bits per heavy atom. The van der Waals surface area contributed by atoms with Gasteiger partial charge < -0.3 is 14.6 Å². The molecule has 2 aromatic carbocycles. The number of ether oxygens (including phenoxy) is 2. The summed E-state index contributed by atoms with van der Waals surface area (Å²) in [5.74, 6) is 0.525. The summed E-state index contributed by atoms with van der Waals surface area (Å²) in [6, 6.07) is 12.5. The lowest BCUT2D eigenvalue weighted by atomic mass is 10.1. The van der Waals surface area contributed by atoms with Crippen molar-refractivity contribution in [3.05, 3.63) is 58.1 Å². The van der Waals surface area contributed by atoms with Crippen LogP contribution in [-0.4, -0.2) is 36.1 Å². The average molecular weight is 415 g/mol. The topological polar surface area (TPSA) is 55.8 Å². The molecule has 0 spiro atoms. The molecule has 4 nitrogen and oxygen atoms in total. The molecule has 0 radical (unpaired) electrons. The Morgan fingerprint density at radius 1 is 1.19 bits per heavy atom. The van der Waals surface area contributed by atoms with Gasteiger partial charge in [-0.15, -0.1) is 11.8 Å². The fourth-order valence-electron chi connectivity index (χ4n) is 2.23. The molecule has 7 heteroatoms. The minimum Gasteiger partial charge on any atom is -0.491 e. The van der Waals surface area contributed by atoms with E-state index in [1.807, 2.05) is 25.1 Å². The van der Waals surface area contributed by atoms with Gasteiger partial charge in [0, 0.05) is 22.3 Å². The lowest BCUT2D eigenvalue weighted by Crippen LogP contribution is -2.24. The lowest BCUT2D eigenvalue weighted by molar-refractivity contribution is -0.136. The van der Waals surface area contributed by atoms with Crippen LogP contribution in [0.2, 0.25) is 10.0 Å². The van der Waals surface area contributed by atoms with Crippen LogP contribution in [-0.2, 0) is 16.0 Å². The van der Waals surface area contributed by atoms with E-state index in [9.17, 15) is 4.79 Å². The Bertz CT molecular complexity index is 722. The molecule has 0 saturated heterocycles. The molecule has 1 N–H and O–H groups in total. The third kappa shape index (κ3) is 7.08. The van der Waals surface area contributed by atoms with Crippen molar-refractivity contribution < 1.29 is 19.4 Å². The van der Waals surface area contributed by atoms with Crippen LogP contribution >= 0.6 is 35.0 Å². The van der Waals surface area contributed by atoms with E-state index < -0.39 is 5.97 Å². The molecule has 0 aromatic heterocycles. The maximum Gasteiger partial charge on any atom is 0.307 e. The molecule has 0 amide bonds. The van der Waals surface area contributed by atoms with Gasteiger partial charge in [-0.25, -0.2) is 0 Å². The number of carbonyl (C=O) groups is 1. The van der Waals surface area contributed by atoms with E-state index in [2.05, 4.69) is 0 Å². The Labute approximate surface area is 167 Å². The van der Waals surface area contributed by atoms with Crippen molar-refractivity contribution in [2.75, 3.05) is 19.0 Å². The molecule has 26 heavy (non-hydrogen) atoms. The summed E-state index contributed by atoms with van der Waals surface area (Å²) in [5, 5.41) is 10.1. The van der Waals surface area contributed by atoms with Gasteiger partial charge in [0.05, 0.1) is 11.4 Å². The van der Waals surface area contributed by atoms with Gasteiger partial charge in [-0.2, -0.15) is 0 Å². The molecule has 0 fully saturated rings. The fraction of sp³-hybridized carbons (Fsp3) is 0.316. The van der Waals surface area contributed by atoms with Gasteiger partial charge in [-0.05, 0) is 48.9 Å². The Balaban J connectivity index is 1.90. The molecule has 140 valence electrons. The molecule has 0 aliphatic carbocycles. The molecular formula is C19H20Cl2O4S. The smallest absolute Gasteiger partial charge is 0.307 e. The molecule has 0 aliphatic rings. The van der Waals surface area contributed by atoms with E-state index in [0.717, 1.165) is 10.6 Å². The zero-order chi connectivity index (χ0) is 18.9. The first kappa shape index (κ1) is 20.9. The van der Waals surface area contributed by atoms with Crippen LogP contribution in [0.15, 0.2) is 47.4 Å². The quantitative estimate of drug-likeness (QED) is 0.541. The molecule has 1 atom stereocenters. The second-order valence-electron chi connectivity index (χ2n) is 5.49. The van der Waals surface area contributed by atoms with Gasteiger partial charge >= 0.3 is 5.97 Å². The molecule has 0 saturated carbocycles. The molecule has 0 heterocycles. The maximum absolute atomic E-state index is 10.8. The van der Waals surface area contributed by atoms with E-state index in [0.29, 0.717) is 34.6 Å². The largest absolute Gasteiger partial charge is 0.491 e. The lowest BCUT2D eigenvalue weighted by Gasteiger charge is -2.18. The van der Waals surface area contributed by atoms with Gasteiger partial charge in [0.1, 0.15) is 18.5 Å². The zero-order valence-corrected chi connectivity index (χ0v) is 16.6. The van der Waals surface area contributed by atoms with Crippen LogP contribution in [0.5, 0.6) is 5.75 Å². The number of thioether (sulfide) groups is 1. The molecular weight excluding hydrogens is 395 g/mol. The first-order chi connectivity index (χ1) is 12.5. The molecule has 0 bridgehead atoms. The summed E-state index contributed by atoms with van der Waals surface area (Å²) in [7, 11) is 0. The number of aliphatic carboxylic acids is 1. The van der Waals surface area contributed by atoms with Gasteiger partial charge in [0.25, 0.3) is 0 Å². The van der Waals surface area contributed by atoms with E-state index >= 15 is 0 Å². The summed E-state index contributed by atoms with van der Waals surface area (Å²) < 4.78 is 11.5. The highest BCUT2D eigenvalue weighted by molar-refractivity contribution is 7.99. The third-order valence-corrected chi connectivity index (χ3v) is 5.31. The van der Waals surface area contributed by atoms with Crippen LogP contribution in [0.4, 0.5) is 0 Å². The summed E-state index contributed by atoms with van der Waals surface area (Å²) in [6.07, 6.45) is -0.142. The van der Waals surface area contributed by atoms with Crippen LogP contribution < -0.4 is 4.74 Å². The Kier molecular flexibility index (Phi) is 8.59. The highest BCUT2D eigenvalue weighted by atomic mass is 35.5. The molecule has 0 unspecified atom stereocenters. The Hall–Kier alpha value is -1.40. The van der Waals surface area contributed by atoms with Crippen molar-refractivity contribution in [2.45, 2.75) is 24.3 Å². The second-order valence-corrected chi connectivity index (χ2v) is 7.39. The van der Waals surface area contributed by atoms with Crippen molar-refractivity contribution in [3.8, 4) is 5.75 Å². The molecule has 0 aliphatic heterocycles. The summed E-state index contributed by atoms with van der Waals surface area (Å²) >= 11 is 13.7. The van der Waals surface area contributed by atoms with Gasteiger partial charge in [0.2, 0.25) is 0 Å². The third-order valence-electron chi connectivity index (χ3n) is 3.43. The first-order valence-electron chi connectivity index (χ1n) is 8.11. The van der Waals surface area contributed by atoms with Crippen molar-refractivity contribution in [1.29, 1.82) is 0 Å². The highest BCUT2D eigenvalue weighted by Crippen LogP contribution is 2.29. The minimum atomic E-state index is -0.878. The van der Waals surface area contributed by atoms with Crippen molar-refractivity contribution >= 4 is 40.9 Å². The zero-order valence-electron chi connectivity index (χ0n) is 14.3. The average Bonchev–Trinajstić information content (AvgIpc) is 2.59. The van der Waals surface area contributed by atoms with Crippen molar-refractivity contribution in [2.24, 2.45) is 0 Å². The van der Waals surface area contributed by atoms with E-state index in [1.54, 1.807) is 36.0 Å². The summed E-state index contributed by atoms with van der Waals surface area (Å²) in [4.78, 5) is 11.7. The number of hydrogen-bond acceptors (Lipinski definition) is 4. The van der Waals surface area contributed by atoms with E-state index in [4.69, 9.17) is 37.8 Å². The number of hydrogen-bond donors (Lipinski definition) is 1. The summed E-state index contributed by atoms with van der Waals surface area (Å²) in [5.41, 5.74) is 0.680. The van der Waals surface area contributed by atoms with Gasteiger partial charge in [0.15, 0.2) is 0 Å². The number of rotatable bonds is 10. The predicted octanol–water partition coefficient (Wildman–Crippen LogP) is 5.20. The van der Waals surface area contributed by atoms with E-state index in [1.165, 1.54) is 0 Å². The SMILES string of the molecule is CCO[C@H](COc1ccc(Cl)cc1)CSc1ccc(CC(=O)O)cc1Cl. The first-order valence-corrected chi connectivity index (χ1v) is 9.85. The maximum atomic E-state index is 10.8. The fourth-order valence-corrected chi connectivity index (χ4v) is 3.64. The van der Waals surface area contributed by atoms with Crippen LogP contribution in [0.3, 0.4) is 0 Å². The monoisotopic (exact) mass is 414 g/mol.